The van der Waals surface area contributed by atoms with Crippen LogP contribution in [0.3, 0.4) is 0 Å². The van der Waals surface area contributed by atoms with Crippen molar-refractivity contribution in [3.05, 3.63) is 17.7 Å². The van der Waals surface area contributed by atoms with Gasteiger partial charge >= 0.3 is 6.18 Å². The average Bonchev–Trinajstić information content (AvgIpc) is 2.25. The maximum Gasteiger partial charge on any atom is 0.416 e. The van der Waals surface area contributed by atoms with Gasteiger partial charge in [0.1, 0.15) is 17.2 Å². The second-order valence-corrected chi connectivity index (χ2v) is 4.17. The summed E-state index contributed by atoms with van der Waals surface area (Å²) in [6, 6.07) is 1.50. The highest BCUT2D eigenvalue weighted by atomic mass is 19.4. The molecule has 0 radical (unpaired) electrons. The van der Waals surface area contributed by atoms with Crippen molar-refractivity contribution in [2.45, 2.75) is 18.7 Å². The molecule has 5 nitrogen and oxygen atoms in total. The molecule has 0 fully saturated rings. The molecule has 8 heteroatoms. The van der Waals surface area contributed by atoms with E-state index < -0.39 is 23.9 Å². The van der Waals surface area contributed by atoms with Gasteiger partial charge < -0.3 is 21.3 Å². The minimum Gasteiger partial charge on any atom is -0.393 e. The number of aliphatic hydroxyl groups excluding tert-OH is 1. The number of nitrogen functional groups attached to an aromatic ring is 1. The Labute approximate surface area is 101 Å². The van der Waals surface area contributed by atoms with Crippen LogP contribution in [0.1, 0.15) is 12.5 Å². The van der Waals surface area contributed by atoms with Gasteiger partial charge in [-0.2, -0.15) is 13.2 Å². The zero-order valence-corrected chi connectivity index (χ0v) is 9.62. The first-order valence-corrected chi connectivity index (χ1v) is 5.06. The lowest BCUT2D eigenvalue weighted by Gasteiger charge is -2.21. The number of hydrogen-bond acceptors (Lipinski definition) is 5. The second kappa shape index (κ2) is 4.99. The number of aliphatic hydroxyl groups is 2. The third kappa shape index (κ3) is 4.04. The number of nitrogens with zero attached hydrogens (tertiary/aromatic N) is 1. The molecule has 1 unspecified atom stereocenters. The van der Waals surface area contributed by atoms with Crippen LogP contribution in [0.5, 0.6) is 0 Å². The van der Waals surface area contributed by atoms with Crippen LogP contribution in [-0.2, 0) is 6.18 Å². The quantitative estimate of drug-likeness (QED) is 0.647. The Hall–Kier alpha value is -1.54. The van der Waals surface area contributed by atoms with E-state index in [1.807, 2.05) is 0 Å². The molecule has 18 heavy (non-hydrogen) atoms. The van der Waals surface area contributed by atoms with Crippen molar-refractivity contribution >= 4 is 11.6 Å². The molecule has 0 aliphatic rings. The molecule has 5 N–H and O–H groups in total. The molecule has 0 saturated heterocycles. The minimum absolute atomic E-state index is 0.115. The van der Waals surface area contributed by atoms with E-state index >= 15 is 0 Å². The Morgan fingerprint density at radius 2 is 2.00 bits per heavy atom. The Morgan fingerprint density at radius 1 is 1.39 bits per heavy atom. The molecule has 0 saturated carbocycles. The maximum absolute atomic E-state index is 12.5. The fraction of sp³-hybridized carbons (Fsp3) is 0.500. The summed E-state index contributed by atoms with van der Waals surface area (Å²) < 4.78 is 37.5. The number of aromatic nitrogens is 1. The van der Waals surface area contributed by atoms with E-state index in [-0.39, 0.29) is 18.2 Å². The van der Waals surface area contributed by atoms with Gasteiger partial charge in [-0.05, 0) is 19.1 Å². The van der Waals surface area contributed by atoms with E-state index in [0.717, 1.165) is 12.1 Å². The summed E-state index contributed by atoms with van der Waals surface area (Å²) in [5.41, 5.74) is 2.88. The van der Waals surface area contributed by atoms with E-state index in [1.54, 1.807) is 0 Å². The van der Waals surface area contributed by atoms with Crippen molar-refractivity contribution in [1.29, 1.82) is 0 Å². The third-order valence-electron chi connectivity index (χ3n) is 2.16. The first-order chi connectivity index (χ1) is 8.14. The zero-order valence-electron chi connectivity index (χ0n) is 9.62. The molecule has 0 bridgehead atoms. The highest BCUT2D eigenvalue weighted by Crippen LogP contribution is 2.31. The number of hydrogen-bond donors (Lipinski definition) is 4. The molecule has 1 rings (SSSR count). The van der Waals surface area contributed by atoms with Gasteiger partial charge in [-0.1, -0.05) is 0 Å². The van der Waals surface area contributed by atoms with Crippen LogP contribution in [0.4, 0.5) is 24.8 Å². The summed E-state index contributed by atoms with van der Waals surface area (Å²) in [6.07, 6.45) is -4.52. The molecular weight excluding hydrogens is 251 g/mol. The van der Waals surface area contributed by atoms with E-state index in [9.17, 15) is 18.3 Å². The van der Waals surface area contributed by atoms with E-state index in [1.165, 1.54) is 6.92 Å². The lowest BCUT2D eigenvalue weighted by molar-refractivity contribution is -0.137. The van der Waals surface area contributed by atoms with Crippen LogP contribution < -0.4 is 11.1 Å². The number of anilines is 2. The predicted octanol–water partition coefficient (Wildman–Crippen LogP) is 0.838. The lowest BCUT2D eigenvalue weighted by Crippen LogP contribution is -2.37. The second-order valence-electron chi connectivity index (χ2n) is 4.17. The molecular formula is C10H14F3N3O2. The minimum atomic E-state index is -4.52. The normalized spacial score (nSPS) is 15.2. The van der Waals surface area contributed by atoms with Crippen LogP contribution in [0, 0.1) is 0 Å². The predicted molar refractivity (Wildman–Crippen MR) is 59.9 cm³/mol. The van der Waals surface area contributed by atoms with E-state index in [2.05, 4.69) is 10.3 Å². The summed E-state index contributed by atoms with van der Waals surface area (Å²) in [4.78, 5) is 3.66. The van der Waals surface area contributed by atoms with E-state index in [0.29, 0.717) is 0 Å². The van der Waals surface area contributed by atoms with Gasteiger partial charge in [-0.25, -0.2) is 4.98 Å². The highest BCUT2D eigenvalue weighted by Gasteiger charge is 2.31. The number of rotatable bonds is 4. The summed E-state index contributed by atoms with van der Waals surface area (Å²) >= 11 is 0. The zero-order chi connectivity index (χ0) is 14.0. The van der Waals surface area contributed by atoms with Crippen molar-refractivity contribution < 1.29 is 23.4 Å². The van der Waals surface area contributed by atoms with Crippen LogP contribution in [-0.4, -0.2) is 33.9 Å². The molecule has 1 atom stereocenters. The third-order valence-corrected chi connectivity index (χ3v) is 2.16. The average molecular weight is 265 g/mol. The van der Waals surface area contributed by atoms with Crippen molar-refractivity contribution in [3.63, 3.8) is 0 Å². The molecule has 0 aromatic carbocycles. The summed E-state index contributed by atoms with van der Waals surface area (Å²) in [5.74, 6) is -0.396. The fourth-order valence-electron chi connectivity index (χ4n) is 1.14. The van der Waals surface area contributed by atoms with Crippen molar-refractivity contribution in [2.24, 2.45) is 0 Å². The smallest absolute Gasteiger partial charge is 0.393 e. The Kier molecular flexibility index (Phi) is 4.02. The molecule has 0 spiro atoms. The summed E-state index contributed by atoms with van der Waals surface area (Å²) in [5, 5.41) is 20.8. The Balaban J connectivity index is 2.88. The maximum atomic E-state index is 12.5. The number of nitrogens with one attached hydrogen (secondary N) is 1. The number of nitrogens with two attached hydrogens (primary N) is 1. The van der Waals surface area contributed by atoms with Crippen LogP contribution in [0.15, 0.2) is 12.1 Å². The topological polar surface area (TPSA) is 91.4 Å². The molecule has 102 valence electrons. The largest absolute Gasteiger partial charge is 0.416 e. The van der Waals surface area contributed by atoms with Crippen molar-refractivity contribution in [3.8, 4) is 0 Å². The van der Waals surface area contributed by atoms with Gasteiger partial charge in [0.15, 0.2) is 0 Å². The van der Waals surface area contributed by atoms with Gasteiger partial charge in [0.25, 0.3) is 0 Å². The van der Waals surface area contributed by atoms with Crippen LogP contribution in [0.2, 0.25) is 0 Å². The first-order valence-electron chi connectivity index (χ1n) is 5.06. The van der Waals surface area contributed by atoms with Gasteiger partial charge in [0.2, 0.25) is 0 Å². The monoisotopic (exact) mass is 265 g/mol. The van der Waals surface area contributed by atoms with Crippen molar-refractivity contribution in [2.75, 3.05) is 24.2 Å². The SMILES string of the molecule is CC(O)(CO)CNc1cc(C(F)(F)F)cc(N)n1. The fourth-order valence-corrected chi connectivity index (χ4v) is 1.14. The highest BCUT2D eigenvalue weighted by molar-refractivity contribution is 5.47. The van der Waals surface area contributed by atoms with Gasteiger partial charge in [-0.15, -0.1) is 0 Å². The number of halogens is 3. The molecule has 0 aliphatic carbocycles. The first kappa shape index (κ1) is 14.5. The van der Waals surface area contributed by atoms with Gasteiger partial charge in [0, 0.05) is 6.54 Å². The molecule has 1 aromatic heterocycles. The van der Waals surface area contributed by atoms with Crippen LogP contribution in [0.25, 0.3) is 0 Å². The molecule has 0 aliphatic heterocycles. The van der Waals surface area contributed by atoms with Crippen molar-refractivity contribution in [1.82, 2.24) is 4.98 Å². The summed E-state index contributed by atoms with van der Waals surface area (Å²) in [6.45, 7) is 0.642. The Bertz CT molecular complexity index is 421. The van der Waals surface area contributed by atoms with Gasteiger partial charge in [0.05, 0.1) is 12.2 Å². The number of pyridine rings is 1. The van der Waals surface area contributed by atoms with Gasteiger partial charge in [-0.3, -0.25) is 0 Å². The number of alkyl halides is 3. The van der Waals surface area contributed by atoms with E-state index in [4.69, 9.17) is 10.8 Å². The Morgan fingerprint density at radius 3 is 2.50 bits per heavy atom. The lowest BCUT2D eigenvalue weighted by atomic mass is 10.1. The molecule has 1 aromatic rings. The molecule has 1 heterocycles. The standard InChI is InChI=1S/C10H14F3N3O2/c1-9(18,5-17)4-15-8-3-6(10(11,12)13)2-7(14)16-8/h2-3,17-18H,4-5H2,1H3,(H3,14,15,16). The van der Waals surface area contributed by atoms with Crippen LogP contribution >= 0.6 is 0 Å². The summed E-state index contributed by atoms with van der Waals surface area (Å²) in [7, 11) is 0. The molecule has 0 amide bonds.